The van der Waals surface area contributed by atoms with Crippen LogP contribution in [0.15, 0.2) is 55.1 Å². The van der Waals surface area contributed by atoms with Gasteiger partial charge in [-0.3, -0.25) is 4.79 Å². The Labute approximate surface area is 158 Å². The number of nitrogens with zero attached hydrogens (tertiary/aromatic N) is 3. The van der Waals surface area contributed by atoms with Crippen molar-refractivity contribution in [2.75, 3.05) is 13.7 Å². The molecule has 0 radical (unpaired) electrons. The first-order valence-electron chi connectivity index (χ1n) is 8.69. The second kappa shape index (κ2) is 8.84. The van der Waals surface area contributed by atoms with Gasteiger partial charge in [-0.05, 0) is 36.2 Å². The minimum Gasteiger partial charge on any atom is -0.493 e. The van der Waals surface area contributed by atoms with Crippen molar-refractivity contribution < 1.29 is 14.3 Å². The maximum Gasteiger partial charge on any atom is 0.251 e. The first kappa shape index (κ1) is 18.4. The van der Waals surface area contributed by atoms with Crippen molar-refractivity contribution in [1.29, 1.82) is 0 Å². The number of benzene rings is 2. The third-order valence-electron chi connectivity index (χ3n) is 4.01. The Morgan fingerprint density at radius 1 is 1.11 bits per heavy atom. The van der Waals surface area contributed by atoms with E-state index in [0.717, 1.165) is 11.1 Å². The van der Waals surface area contributed by atoms with E-state index in [-0.39, 0.29) is 5.91 Å². The van der Waals surface area contributed by atoms with Gasteiger partial charge in [0.1, 0.15) is 12.7 Å². The van der Waals surface area contributed by atoms with Crippen LogP contribution in [0.5, 0.6) is 11.5 Å². The quantitative estimate of drug-likeness (QED) is 0.663. The van der Waals surface area contributed by atoms with Crippen molar-refractivity contribution in [3.8, 4) is 11.5 Å². The molecule has 27 heavy (non-hydrogen) atoms. The molecule has 0 fully saturated rings. The molecule has 0 spiro atoms. The summed E-state index contributed by atoms with van der Waals surface area (Å²) in [7, 11) is 1.57. The van der Waals surface area contributed by atoms with Crippen LogP contribution < -0.4 is 14.8 Å². The van der Waals surface area contributed by atoms with Crippen molar-refractivity contribution in [2.24, 2.45) is 0 Å². The topological polar surface area (TPSA) is 78.3 Å². The van der Waals surface area contributed by atoms with Crippen LogP contribution in [0.2, 0.25) is 0 Å². The zero-order valence-electron chi connectivity index (χ0n) is 15.4. The Morgan fingerprint density at radius 3 is 2.56 bits per heavy atom. The predicted octanol–water partition coefficient (Wildman–Crippen LogP) is 2.66. The zero-order valence-corrected chi connectivity index (χ0v) is 15.4. The number of hydrogen-bond acceptors (Lipinski definition) is 5. The van der Waals surface area contributed by atoms with E-state index in [4.69, 9.17) is 9.47 Å². The van der Waals surface area contributed by atoms with Crippen molar-refractivity contribution in [3.63, 3.8) is 0 Å². The van der Waals surface area contributed by atoms with Crippen molar-refractivity contribution in [1.82, 2.24) is 20.1 Å². The smallest absolute Gasteiger partial charge is 0.251 e. The molecular weight excluding hydrogens is 344 g/mol. The summed E-state index contributed by atoms with van der Waals surface area (Å²) in [5.41, 5.74) is 2.67. The molecule has 1 amide bonds. The third-order valence-corrected chi connectivity index (χ3v) is 4.01. The number of amides is 1. The third kappa shape index (κ3) is 4.84. The molecule has 2 aromatic carbocycles. The molecule has 1 heterocycles. The van der Waals surface area contributed by atoms with Gasteiger partial charge in [0.05, 0.1) is 20.3 Å². The Kier molecular flexibility index (Phi) is 6.04. The summed E-state index contributed by atoms with van der Waals surface area (Å²) in [4.78, 5) is 16.4. The van der Waals surface area contributed by atoms with E-state index in [1.807, 2.05) is 31.2 Å². The largest absolute Gasteiger partial charge is 0.493 e. The summed E-state index contributed by atoms with van der Waals surface area (Å²) in [5, 5.41) is 7.01. The molecule has 0 atom stereocenters. The number of aromatic nitrogens is 3. The van der Waals surface area contributed by atoms with E-state index < -0.39 is 0 Å². The predicted molar refractivity (Wildman–Crippen MR) is 101 cm³/mol. The van der Waals surface area contributed by atoms with Gasteiger partial charge in [-0.2, -0.15) is 5.10 Å². The summed E-state index contributed by atoms with van der Waals surface area (Å²) in [6.45, 7) is 3.50. The van der Waals surface area contributed by atoms with Crippen molar-refractivity contribution in [2.45, 2.75) is 20.0 Å². The van der Waals surface area contributed by atoms with Crippen LogP contribution >= 0.6 is 0 Å². The van der Waals surface area contributed by atoms with Gasteiger partial charge in [-0.15, -0.1) is 0 Å². The van der Waals surface area contributed by atoms with Crippen LogP contribution in [0.25, 0.3) is 0 Å². The van der Waals surface area contributed by atoms with Gasteiger partial charge in [-0.25, -0.2) is 9.67 Å². The highest BCUT2D eigenvalue weighted by atomic mass is 16.5. The molecule has 0 aliphatic carbocycles. The number of rotatable bonds is 8. The van der Waals surface area contributed by atoms with E-state index in [1.54, 1.807) is 36.3 Å². The van der Waals surface area contributed by atoms with Crippen LogP contribution in [-0.4, -0.2) is 34.4 Å². The summed E-state index contributed by atoms with van der Waals surface area (Å²) in [5.74, 6) is 1.01. The molecule has 7 nitrogen and oxygen atoms in total. The van der Waals surface area contributed by atoms with Crippen molar-refractivity contribution >= 4 is 5.91 Å². The van der Waals surface area contributed by atoms with Gasteiger partial charge in [0.15, 0.2) is 11.5 Å². The lowest BCUT2D eigenvalue weighted by molar-refractivity contribution is 0.0950. The van der Waals surface area contributed by atoms with E-state index in [2.05, 4.69) is 15.4 Å². The molecular formula is C20H22N4O3. The molecule has 0 unspecified atom stereocenters. The van der Waals surface area contributed by atoms with Gasteiger partial charge in [-0.1, -0.05) is 24.3 Å². The highest BCUT2D eigenvalue weighted by Gasteiger charge is 2.11. The molecule has 0 bridgehead atoms. The highest BCUT2D eigenvalue weighted by Crippen LogP contribution is 2.28. The van der Waals surface area contributed by atoms with Crippen LogP contribution in [0, 0.1) is 0 Å². The number of carbonyl (C=O) groups excluding carboxylic acids is 1. The zero-order chi connectivity index (χ0) is 19.1. The van der Waals surface area contributed by atoms with Crippen molar-refractivity contribution in [3.05, 3.63) is 71.8 Å². The standard InChI is InChI=1S/C20H22N4O3/c1-3-27-19-10-17(8-9-18(19)26-2)20(25)22-11-15-4-6-16(7-5-15)12-24-14-21-13-23-24/h4-10,13-14H,3,11-12H2,1-2H3,(H,22,25). The fraction of sp³-hybridized carbons (Fsp3) is 0.250. The van der Waals surface area contributed by atoms with Gasteiger partial charge >= 0.3 is 0 Å². The van der Waals surface area contributed by atoms with Gasteiger partial charge < -0.3 is 14.8 Å². The van der Waals surface area contributed by atoms with Crippen LogP contribution in [0.3, 0.4) is 0 Å². The Bertz CT molecular complexity index is 877. The molecule has 3 aromatic rings. The maximum atomic E-state index is 12.4. The summed E-state index contributed by atoms with van der Waals surface area (Å²) >= 11 is 0. The van der Waals surface area contributed by atoms with E-state index in [9.17, 15) is 4.79 Å². The number of carbonyl (C=O) groups is 1. The minimum atomic E-state index is -0.162. The minimum absolute atomic E-state index is 0.162. The number of hydrogen-bond donors (Lipinski definition) is 1. The lowest BCUT2D eigenvalue weighted by Gasteiger charge is -2.11. The lowest BCUT2D eigenvalue weighted by Crippen LogP contribution is -2.22. The molecule has 0 saturated heterocycles. The molecule has 140 valence electrons. The number of methoxy groups -OCH3 is 1. The Morgan fingerprint density at radius 2 is 1.89 bits per heavy atom. The second-order valence-corrected chi connectivity index (χ2v) is 5.89. The monoisotopic (exact) mass is 366 g/mol. The summed E-state index contributed by atoms with van der Waals surface area (Å²) < 4.78 is 12.5. The van der Waals surface area contributed by atoms with Gasteiger partial charge in [0.25, 0.3) is 5.91 Å². The molecule has 7 heteroatoms. The van der Waals surface area contributed by atoms with Gasteiger partial charge in [0, 0.05) is 12.1 Å². The first-order valence-corrected chi connectivity index (χ1v) is 8.69. The number of ether oxygens (including phenoxy) is 2. The lowest BCUT2D eigenvalue weighted by atomic mass is 10.1. The summed E-state index contributed by atoms with van der Waals surface area (Å²) in [6, 6.07) is 13.2. The van der Waals surface area contributed by atoms with Crippen LogP contribution in [0.4, 0.5) is 0 Å². The average Bonchev–Trinajstić information content (AvgIpc) is 3.20. The molecule has 3 rings (SSSR count). The fourth-order valence-corrected chi connectivity index (χ4v) is 2.63. The van der Waals surface area contributed by atoms with Crippen LogP contribution in [-0.2, 0) is 13.1 Å². The molecule has 1 N–H and O–H groups in total. The average molecular weight is 366 g/mol. The van der Waals surface area contributed by atoms with E-state index in [0.29, 0.717) is 36.8 Å². The molecule has 1 aromatic heterocycles. The van der Waals surface area contributed by atoms with E-state index >= 15 is 0 Å². The van der Waals surface area contributed by atoms with Gasteiger partial charge in [0.2, 0.25) is 0 Å². The molecule has 0 aliphatic heterocycles. The Balaban J connectivity index is 1.59. The Hall–Kier alpha value is -3.35. The first-order chi connectivity index (χ1) is 13.2. The molecule has 0 saturated carbocycles. The normalized spacial score (nSPS) is 10.4. The number of nitrogens with one attached hydrogen (secondary N) is 1. The molecule has 0 aliphatic rings. The van der Waals surface area contributed by atoms with Crippen LogP contribution in [0.1, 0.15) is 28.4 Å². The highest BCUT2D eigenvalue weighted by molar-refractivity contribution is 5.94. The second-order valence-electron chi connectivity index (χ2n) is 5.89. The summed E-state index contributed by atoms with van der Waals surface area (Å²) in [6.07, 6.45) is 3.19. The van der Waals surface area contributed by atoms with E-state index in [1.165, 1.54) is 6.33 Å². The fourth-order valence-electron chi connectivity index (χ4n) is 2.63. The maximum absolute atomic E-state index is 12.4. The SMILES string of the molecule is CCOc1cc(C(=O)NCc2ccc(Cn3cncn3)cc2)ccc1OC.